The Morgan fingerprint density at radius 3 is 2.82 bits per heavy atom. The molecule has 0 aliphatic heterocycles. The largest absolute Gasteiger partial charge is 0.385 e. The first-order chi connectivity index (χ1) is 8.16. The SMILES string of the molecule is COCCCOCCn1ncc(Br)c(Br)c1=O. The number of aromatic nitrogens is 2. The lowest BCUT2D eigenvalue weighted by molar-refractivity contribution is 0.0953. The first-order valence-electron chi connectivity index (χ1n) is 5.14. The molecule has 7 heteroatoms. The van der Waals surface area contributed by atoms with Crippen LogP contribution in [0.1, 0.15) is 6.42 Å². The summed E-state index contributed by atoms with van der Waals surface area (Å²) < 4.78 is 12.8. The van der Waals surface area contributed by atoms with Crippen LogP contribution in [0.5, 0.6) is 0 Å². The van der Waals surface area contributed by atoms with Gasteiger partial charge in [0.25, 0.3) is 5.56 Å². The van der Waals surface area contributed by atoms with Gasteiger partial charge in [-0.25, -0.2) is 4.68 Å². The third kappa shape index (κ3) is 4.87. The van der Waals surface area contributed by atoms with Crippen molar-refractivity contribution in [3.8, 4) is 0 Å². The molecule has 0 aliphatic rings. The van der Waals surface area contributed by atoms with Crippen LogP contribution in [0.4, 0.5) is 0 Å². The molecule has 0 amide bonds. The number of ether oxygens (including phenoxy) is 2. The second kappa shape index (κ2) is 7.97. The summed E-state index contributed by atoms with van der Waals surface area (Å²) in [6, 6.07) is 0. The molecule has 0 aliphatic carbocycles. The Labute approximate surface area is 116 Å². The number of hydrogen-bond donors (Lipinski definition) is 0. The van der Waals surface area contributed by atoms with Gasteiger partial charge in [0.1, 0.15) is 4.47 Å². The molecule has 17 heavy (non-hydrogen) atoms. The van der Waals surface area contributed by atoms with Crippen molar-refractivity contribution >= 4 is 31.9 Å². The molecule has 0 atom stereocenters. The quantitative estimate of drug-likeness (QED) is 0.688. The van der Waals surface area contributed by atoms with Crippen molar-refractivity contribution in [1.29, 1.82) is 0 Å². The molecule has 96 valence electrons. The maximum Gasteiger partial charge on any atom is 0.282 e. The average molecular weight is 370 g/mol. The Hall–Kier alpha value is -0.240. The first kappa shape index (κ1) is 14.8. The standard InChI is InChI=1S/C10H14Br2N2O3/c1-16-4-2-5-17-6-3-14-10(15)9(12)8(11)7-13-14/h7H,2-6H2,1H3. The van der Waals surface area contributed by atoms with Crippen molar-refractivity contribution in [2.75, 3.05) is 26.9 Å². The lowest BCUT2D eigenvalue weighted by Crippen LogP contribution is -2.25. The van der Waals surface area contributed by atoms with Crippen molar-refractivity contribution in [2.45, 2.75) is 13.0 Å². The molecule has 0 unspecified atom stereocenters. The molecule has 1 rings (SSSR count). The summed E-state index contributed by atoms with van der Waals surface area (Å²) in [5.41, 5.74) is -0.167. The minimum absolute atomic E-state index is 0.167. The predicted molar refractivity (Wildman–Crippen MR) is 71.2 cm³/mol. The van der Waals surface area contributed by atoms with Gasteiger partial charge in [-0.15, -0.1) is 0 Å². The number of hydrogen-bond acceptors (Lipinski definition) is 4. The Morgan fingerprint density at radius 2 is 2.12 bits per heavy atom. The predicted octanol–water partition coefficient (Wildman–Crippen LogP) is 1.82. The molecule has 0 aromatic carbocycles. The van der Waals surface area contributed by atoms with Gasteiger partial charge in [0.05, 0.1) is 23.8 Å². The summed E-state index contributed by atoms with van der Waals surface area (Å²) in [4.78, 5) is 11.7. The summed E-state index contributed by atoms with van der Waals surface area (Å²) in [7, 11) is 1.66. The van der Waals surface area contributed by atoms with Crippen LogP contribution >= 0.6 is 31.9 Å². The fourth-order valence-corrected chi connectivity index (χ4v) is 1.73. The molecule has 0 saturated carbocycles. The number of halogens is 2. The molecule has 0 radical (unpaired) electrons. The van der Waals surface area contributed by atoms with E-state index in [1.54, 1.807) is 13.3 Å². The molecule has 0 fully saturated rings. The zero-order valence-electron chi connectivity index (χ0n) is 9.49. The Kier molecular flexibility index (Phi) is 6.94. The summed E-state index contributed by atoms with van der Waals surface area (Å²) in [6.45, 7) is 2.21. The minimum atomic E-state index is -0.167. The van der Waals surface area contributed by atoms with Gasteiger partial charge in [-0.1, -0.05) is 0 Å². The molecular weight excluding hydrogens is 356 g/mol. The van der Waals surface area contributed by atoms with E-state index >= 15 is 0 Å². The van der Waals surface area contributed by atoms with Crippen LogP contribution in [0.15, 0.2) is 19.9 Å². The number of rotatable bonds is 7. The highest BCUT2D eigenvalue weighted by molar-refractivity contribution is 9.13. The molecule has 1 aromatic rings. The lowest BCUT2D eigenvalue weighted by atomic mass is 10.5. The van der Waals surface area contributed by atoms with Gasteiger partial charge < -0.3 is 9.47 Å². The van der Waals surface area contributed by atoms with Gasteiger partial charge in [-0.05, 0) is 38.3 Å². The zero-order chi connectivity index (χ0) is 12.7. The highest BCUT2D eigenvalue weighted by atomic mass is 79.9. The third-order valence-corrected chi connectivity index (χ3v) is 3.93. The third-order valence-electron chi connectivity index (χ3n) is 2.03. The highest BCUT2D eigenvalue weighted by Gasteiger charge is 2.05. The molecule has 0 saturated heterocycles. The Bertz CT molecular complexity index is 409. The van der Waals surface area contributed by atoms with Crippen molar-refractivity contribution in [2.24, 2.45) is 0 Å². The average Bonchev–Trinajstić information content (AvgIpc) is 2.33. The summed E-state index contributed by atoms with van der Waals surface area (Å²) in [6.07, 6.45) is 2.43. The van der Waals surface area contributed by atoms with Crippen molar-refractivity contribution in [1.82, 2.24) is 9.78 Å². The summed E-state index contributed by atoms with van der Waals surface area (Å²) in [5.74, 6) is 0. The van der Waals surface area contributed by atoms with Crippen LogP contribution in [-0.2, 0) is 16.0 Å². The van der Waals surface area contributed by atoms with Gasteiger partial charge in [-0.3, -0.25) is 4.79 Å². The van der Waals surface area contributed by atoms with Crippen molar-refractivity contribution in [3.05, 3.63) is 25.5 Å². The van der Waals surface area contributed by atoms with E-state index < -0.39 is 0 Å². The van der Waals surface area contributed by atoms with Crippen LogP contribution in [0, 0.1) is 0 Å². The number of methoxy groups -OCH3 is 1. The topological polar surface area (TPSA) is 53.4 Å². The van der Waals surface area contributed by atoms with Crippen molar-refractivity contribution < 1.29 is 9.47 Å². The van der Waals surface area contributed by atoms with E-state index in [2.05, 4.69) is 37.0 Å². The monoisotopic (exact) mass is 368 g/mol. The Morgan fingerprint density at radius 1 is 1.35 bits per heavy atom. The lowest BCUT2D eigenvalue weighted by Gasteiger charge is -2.06. The van der Waals surface area contributed by atoms with E-state index in [0.717, 1.165) is 6.42 Å². The molecular formula is C10H14Br2N2O3. The zero-order valence-corrected chi connectivity index (χ0v) is 12.7. The second-order valence-corrected chi connectivity index (χ2v) is 4.94. The van der Waals surface area contributed by atoms with Crippen LogP contribution in [0.2, 0.25) is 0 Å². The van der Waals surface area contributed by atoms with Crippen LogP contribution in [0.25, 0.3) is 0 Å². The molecule has 0 bridgehead atoms. The smallest absolute Gasteiger partial charge is 0.282 e. The fourth-order valence-electron chi connectivity index (χ4n) is 1.16. The van der Waals surface area contributed by atoms with Gasteiger partial charge >= 0.3 is 0 Å². The minimum Gasteiger partial charge on any atom is -0.385 e. The fraction of sp³-hybridized carbons (Fsp3) is 0.600. The van der Waals surface area contributed by atoms with Gasteiger partial charge in [0, 0.05) is 20.3 Å². The second-order valence-electron chi connectivity index (χ2n) is 3.29. The maximum atomic E-state index is 11.7. The van der Waals surface area contributed by atoms with E-state index in [0.29, 0.717) is 35.3 Å². The van der Waals surface area contributed by atoms with Crippen LogP contribution in [0.3, 0.4) is 0 Å². The molecule has 0 N–H and O–H groups in total. The Balaban J connectivity index is 2.37. The van der Waals surface area contributed by atoms with Gasteiger partial charge in [0.15, 0.2) is 0 Å². The normalized spacial score (nSPS) is 10.8. The molecule has 5 nitrogen and oxygen atoms in total. The van der Waals surface area contributed by atoms with Crippen LogP contribution < -0.4 is 5.56 Å². The summed E-state index contributed by atoms with van der Waals surface area (Å²) >= 11 is 6.42. The van der Waals surface area contributed by atoms with Crippen LogP contribution in [-0.4, -0.2) is 36.7 Å². The van der Waals surface area contributed by atoms with E-state index in [4.69, 9.17) is 9.47 Å². The van der Waals surface area contributed by atoms with E-state index in [1.807, 2.05) is 0 Å². The summed E-state index contributed by atoms with van der Waals surface area (Å²) in [5, 5.41) is 4.00. The van der Waals surface area contributed by atoms with Gasteiger partial charge in [-0.2, -0.15) is 5.10 Å². The van der Waals surface area contributed by atoms with Gasteiger partial charge in [0.2, 0.25) is 0 Å². The molecule has 1 heterocycles. The maximum absolute atomic E-state index is 11.7. The van der Waals surface area contributed by atoms with E-state index in [9.17, 15) is 4.79 Å². The molecule has 0 spiro atoms. The highest BCUT2D eigenvalue weighted by Crippen LogP contribution is 2.16. The van der Waals surface area contributed by atoms with E-state index in [1.165, 1.54) is 4.68 Å². The molecule has 1 aromatic heterocycles. The number of nitrogens with zero attached hydrogens (tertiary/aromatic N) is 2. The van der Waals surface area contributed by atoms with E-state index in [-0.39, 0.29) is 5.56 Å². The first-order valence-corrected chi connectivity index (χ1v) is 6.73. The van der Waals surface area contributed by atoms with Crippen molar-refractivity contribution in [3.63, 3.8) is 0 Å².